The molecule has 4 aromatic rings. The summed E-state index contributed by atoms with van der Waals surface area (Å²) in [5, 5.41) is 14.9. The van der Waals surface area contributed by atoms with Crippen LogP contribution in [0.3, 0.4) is 0 Å². The Morgan fingerprint density at radius 1 is 0.645 bits per heavy atom. The Balaban J connectivity index is 1.79. The summed E-state index contributed by atoms with van der Waals surface area (Å²) in [5.41, 5.74) is 1.06. The van der Waals surface area contributed by atoms with Crippen molar-refractivity contribution in [1.29, 1.82) is 0 Å². The van der Waals surface area contributed by atoms with E-state index >= 15 is 0 Å². The summed E-state index contributed by atoms with van der Waals surface area (Å²) in [5.74, 6) is 0. The second-order valence-electron chi connectivity index (χ2n) is 7.25. The first-order chi connectivity index (χ1) is 15.2. The number of nitro groups is 1. The average molecular weight is 424 g/mol. The molecule has 3 nitrogen and oxygen atoms in total. The maximum Gasteiger partial charge on any atom is 0.269 e. The quantitative estimate of drug-likeness (QED) is 0.220. The number of hydrogen-bond donors (Lipinski definition) is 0. The lowest BCUT2D eigenvalue weighted by Crippen LogP contribution is -2.32. The van der Waals surface area contributed by atoms with Gasteiger partial charge in [0.1, 0.15) is 23.2 Å². The number of rotatable bonds is 7. The molecule has 4 heteroatoms. The summed E-state index contributed by atoms with van der Waals surface area (Å²) in [6, 6.07) is 38.9. The summed E-state index contributed by atoms with van der Waals surface area (Å²) in [7, 11) is -1.91. The van der Waals surface area contributed by atoms with Crippen LogP contribution in [0.5, 0.6) is 0 Å². The molecule has 0 aromatic heterocycles. The third kappa shape index (κ3) is 4.47. The molecule has 0 radical (unpaired) electrons. The van der Waals surface area contributed by atoms with Gasteiger partial charge in [-0.15, -0.1) is 0 Å². The topological polar surface area (TPSA) is 43.1 Å². The summed E-state index contributed by atoms with van der Waals surface area (Å²) in [6.07, 6.45) is 5.14. The summed E-state index contributed by atoms with van der Waals surface area (Å²) < 4.78 is 0. The van der Waals surface area contributed by atoms with Crippen molar-refractivity contribution in [2.75, 3.05) is 6.16 Å². The highest BCUT2D eigenvalue weighted by Gasteiger charge is 2.44. The Labute approximate surface area is 183 Å². The van der Waals surface area contributed by atoms with Crippen LogP contribution in [0.25, 0.3) is 6.08 Å². The van der Waals surface area contributed by atoms with Crippen LogP contribution in [0.4, 0.5) is 5.69 Å². The van der Waals surface area contributed by atoms with Crippen molar-refractivity contribution < 1.29 is 4.92 Å². The highest BCUT2D eigenvalue weighted by molar-refractivity contribution is 7.95. The molecule has 152 valence electrons. The Hall–Kier alpha value is -3.55. The highest BCUT2D eigenvalue weighted by Crippen LogP contribution is 2.55. The van der Waals surface area contributed by atoms with Gasteiger partial charge in [0.25, 0.3) is 5.69 Å². The fourth-order valence-electron chi connectivity index (χ4n) is 3.86. The third-order valence-electron chi connectivity index (χ3n) is 5.38. The fourth-order valence-corrected chi connectivity index (χ4v) is 7.86. The molecule has 0 saturated carbocycles. The predicted octanol–water partition coefficient (Wildman–Crippen LogP) is 5.60. The van der Waals surface area contributed by atoms with E-state index in [0.29, 0.717) is 0 Å². The zero-order valence-corrected chi connectivity index (χ0v) is 17.9. The second-order valence-corrected chi connectivity index (χ2v) is 10.8. The van der Waals surface area contributed by atoms with Gasteiger partial charge in [-0.2, -0.15) is 0 Å². The Kier molecular flexibility index (Phi) is 6.35. The van der Waals surface area contributed by atoms with Crippen molar-refractivity contribution in [3.8, 4) is 0 Å². The molecule has 0 heterocycles. The number of allylic oxidation sites excluding steroid dienone is 1. The van der Waals surface area contributed by atoms with Gasteiger partial charge in [0.15, 0.2) is 0 Å². The van der Waals surface area contributed by atoms with Gasteiger partial charge in [0.2, 0.25) is 0 Å². The minimum atomic E-state index is -1.91. The van der Waals surface area contributed by atoms with Crippen LogP contribution in [0, 0.1) is 10.1 Å². The molecule has 0 fully saturated rings. The number of nitro benzene ring substituents is 1. The van der Waals surface area contributed by atoms with Crippen molar-refractivity contribution >= 4 is 34.9 Å². The monoisotopic (exact) mass is 424 g/mol. The van der Waals surface area contributed by atoms with Gasteiger partial charge in [0.05, 0.1) is 11.1 Å². The van der Waals surface area contributed by atoms with Gasteiger partial charge in [-0.1, -0.05) is 60.7 Å². The third-order valence-corrected chi connectivity index (χ3v) is 9.68. The molecule has 0 aliphatic heterocycles. The van der Waals surface area contributed by atoms with Crippen LogP contribution < -0.4 is 15.9 Å². The van der Waals surface area contributed by atoms with E-state index in [1.54, 1.807) is 24.3 Å². The Bertz CT molecular complexity index is 1060. The summed E-state index contributed by atoms with van der Waals surface area (Å²) in [6.45, 7) is 0. The van der Waals surface area contributed by atoms with Crippen LogP contribution in [0.2, 0.25) is 0 Å². The molecule has 0 bridgehead atoms. The molecular weight excluding hydrogens is 401 g/mol. The van der Waals surface area contributed by atoms with E-state index in [4.69, 9.17) is 0 Å². The fraction of sp³-hybridized carbons (Fsp3) is 0.0370. The van der Waals surface area contributed by atoms with Gasteiger partial charge in [-0.05, 0) is 60.2 Å². The number of hydrogen-bond acceptors (Lipinski definition) is 2. The van der Waals surface area contributed by atoms with Crippen molar-refractivity contribution in [1.82, 2.24) is 0 Å². The van der Waals surface area contributed by atoms with Gasteiger partial charge >= 0.3 is 0 Å². The van der Waals surface area contributed by atoms with Gasteiger partial charge in [0, 0.05) is 12.1 Å². The highest BCUT2D eigenvalue weighted by atomic mass is 31.2. The first-order valence-corrected chi connectivity index (χ1v) is 12.1. The zero-order chi connectivity index (χ0) is 21.5. The zero-order valence-electron chi connectivity index (χ0n) is 17.0. The first-order valence-electron chi connectivity index (χ1n) is 10.2. The second kappa shape index (κ2) is 9.51. The van der Waals surface area contributed by atoms with Crippen LogP contribution in [-0.2, 0) is 0 Å². The molecule has 0 aliphatic carbocycles. The smallest absolute Gasteiger partial charge is 0.258 e. The lowest BCUT2D eigenvalue weighted by molar-refractivity contribution is -0.384. The van der Waals surface area contributed by atoms with Crippen molar-refractivity contribution in [2.24, 2.45) is 0 Å². The van der Waals surface area contributed by atoms with Gasteiger partial charge < -0.3 is 0 Å². The molecule has 0 aliphatic rings. The molecule has 4 rings (SSSR count). The summed E-state index contributed by atoms with van der Waals surface area (Å²) in [4.78, 5) is 10.5. The van der Waals surface area contributed by atoms with Crippen LogP contribution in [-0.4, -0.2) is 11.1 Å². The standard InChI is InChI=1S/C27H23NO2P/c29-28(30)24-20-18-23(19-21-24)11-10-22-31(25-12-4-1-5-13-25,26-14-6-2-7-15-26)27-16-8-3-9-17-27/h1-21H,22H2/q+1/b11-10+. The molecule has 0 unspecified atom stereocenters. The molecule has 0 saturated heterocycles. The molecular formula is C27H23NO2P+. The molecule has 0 atom stereocenters. The van der Waals surface area contributed by atoms with E-state index in [1.165, 1.54) is 15.9 Å². The van der Waals surface area contributed by atoms with Gasteiger partial charge in [-0.25, -0.2) is 0 Å². The van der Waals surface area contributed by atoms with Crippen molar-refractivity contribution in [2.45, 2.75) is 0 Å². The average Bonchev–Trinajstić information content (AvgIpc) is 2.84. The van der Waals surface area contributed by atoms with E-state index in [2.05, 4.69) is 103 Å². The molecule has 31 heavy (non-hydrogen) atoms. The lowest BCUT2D eigenvalue weighted by atomic mass is 10.2. The van der Waals surface area contributed by atoms with Gasteiger partial charge in [-0.3, -0.25) is 10.1 Å². The minimum Gasteiger partial charge on any atom is -0.258 e. The number of benzene rings is 4. The number of nitrogens with zero attached hydrogens (tertiary/aromatic N) is 1. The van der Waals surface area contributed by atoms with Crippen LogP contribution in [0.15, 0.2) is 121 Å². The normalized spacial score (nSPS) is 11.5. The van der Waals surface area contributed by atoms with Crippen LogP contribution >= 0.6 is 7.26 Å². The summed E-state index contributed by atoms with van der Waals surface area (Å²) >= 11 is 0. The molecule has 4 aromatic carbocycles. The first kappa shape index (κ1) is 20.7. The van der Waals surface area contributed by atoms with Crippen LogP contribution in [0.1, 0.15) is 5.56 Å². The molecule has 0 N–H and O–H groups in total. The van der Waals surface area contributed by atoms with E-state index in [1.807, 2.05) is 0 Å². The number of non-ortho nitro benzene ring substituents is 1. The van der Waals surface area contributed by atoms with E-state index in [0.717, 1.165) is 11.7 Å². The molecule has 0 spiro atoms. The molecule has 0 amide bonds. The maximum atomic E-state index is 10.9. The SMILES string of the molecule is O=[N+]([O-])c1ccc(/C=C/C[P+](c2ccccc2)(c2ccccc2)c2ccccc2)cc1. The van der Waals surface area contributed by atoms with Crippen molar-refractivity contribution in [3.63, 3.8) is 0 Å². The van der Waals surface area contributed by atoms with E-state index in [-0.39, 0.29) is 10.6 Å². The predicted molar refractivity (Wildman–Crippen MR) is 132 cm³/mol. The largest absolute Gasteiger partial charge is 0.269 e. The Morgan fingerprint density at radius 3 is 1.45 bits per heavy atom. The maximum absolute atomic E-state index is 10.9. The lowest BCUT2D eigenvalue weighted by Gasteiger charge is -2.26. The Morgan fingerprint density at radius 2 is 1.06 bits per heavy atom. The minimum absolute atomic E-state index is 0.108. The van der Waals surface area contributed by atoms with E-state index < -0.39 is 7.26 Å². The van der Waals surface area contributed by atoms with Crippen molar-refractivity contribution in [3.05, 3.63) is 137 Å². The van der Waals surface area contributed by atoms with E-state index in [9.17, 15) is 10.1 Å².